The van der Waals surface area contributed by atoms with Crippen LogP contribution in [0.2, 0.25) is 5.02 Å². The minimum absolute atomic E-state index is 0.236. The van der Waals surface area contributed by atoms with E-state index in [9.17, 15) is 9.50 Å². The van der Waals surface area contributed by atoms with Crippen molar-refractivity contribution in [1.29, 1.82) is 0 Å². The summed E-state index contributed by atoms with van der Waals surface area (Å²) in [5.74, 6) is 0.0328. The molecule has 34 heavy (non-hydrogen) atoms. The molecular formula is C26H25ClFN3OS2. The Bertz CT molecular complexity index is 1330. The number of rotatable bonds is 6. The molecule has 1 unspecified atom stereocenters. The third kappa shape index (κ3) is 4.93. The third-order valence-electron chi connectivity index (χ3n) is 6.24. The summed E-state index contributed by atoms with van der Waals surface area (Å²) >= 11 is 9.03. The van der Waals surface area contributed by atoms with Gasteiger partial charge in [0.05, 0.1) is 21.3 Å². The number of pyridine rings is 1. The van der Waals surface area contributed by atoms with Crippen LogP contribution >= 0.6 is 34.3 Å². The summed E-state index contributed by atoms with van der Waals surface area (Å²) in [4.78, 5) is 15.3. The van der Waals surface area contributed by atoms with Crippen LogP contribution in [-0.4, -0.2) is 20.1 Å². The lowest BCUT2D eigenvalue weighted by Crippen LogP contribution is -2.15. The maximum atomic E-state index is 14.4. The van der Waals surface area contributed by atoms with Crippen LogP contribution in [0.3, 0.4) is 0 Å². The van der Waals surface area contributed by atoms with Gasteiger partial charge < -0.3 is 5.11 Å². The van der Waals surface area contributed by atoms with Crippen LogP contribution in [-0.2, 0) is 19.3 Å². The van der Waals surface area contributed by atoms with Crippen LogP contribution in [0.5, 0.6) is 0 Å². The summed E-state index contributed by atoms with van der Waals surface area (Å²) in [5.41, 5.74) is 5.87. The molecule has 0 aliphatic heterocycles. The van der Waals surface area contributed by atoms with E-state index in [1.807, 2.05) is 6.92 Å². The zero-order chi connectivity index (χ0) is 23.8. The summed E-state index contributed by atoms with van der Waals surface area (Å²) in [6, 6.07) is 9.20. The minimum atomic E-state index is -0.574. The van der Waals surface area contributed by atoms with Crippen molar-refractivity contribution in [3.63, 3.8) is 0 Å². The molecule has 0 spiro atoms. The van der Waals surface area contributed by atoms with Crippen molar-refractivity contribution >= 4 is 34.3 Å². The van der Waals surface area contributed by atoms with Crippen LogP contribution in [0.4, 0.5) is 4.39 Å². The van der Waals surface area contributed by atoms with Gasteiger partial charge in [-0.15, -0.1) is 22.7 Å². The van der Waals surface area contributed by atoms with Crippen LogP contribution in [0.15, 0.2) is 35.7 Å². The van der Waals surface area contributed by atoms with E-state index < -0.39 is 6.10 Å². The summed E-state index contributed by atoms with van der Waals surface area (Å²) in [7, 11) is 0. The van der Waals surface area contributed by atoms with E-state index in [2.05, 4.69) is 22.5 Å². The lowest BCUT2D eigenvalue weighted by molar-refractivity contribution is 0.198. The van der Waals surface area contributed by atoms with E-state index in [1.54, 1.807) is 30.4 Å². The smallest absolute Gasteiger partial charge is 0.127 e. The van der Waals surface area contributed by atoms with E-state index in [1.165, 1.54) is 23.0 Å². The van der Waals surface area contributed by atoms with Crippen LogP contribution in [0.1, 0.15) is 70.0 Å². The second kappa shape index (κ2) is 9.82. The monoisotopic (exact) mass is 513 g/mol. The number of aryl methyl sites for hydroxylation is 2. The van der Waals surface area contributed by atoms with E-state index in [4.69, 9.17) is 21.6 Å². The molecule has 3 aromatic heterocycles. The molecule has 176 valence electrons. The predicted octanol–water partition coefficient (Wildman–Crippen LogP) is 7.07. The standard InChI is InChI=1S/C26H25ClFN3OS2/c1-14-25(34-26(29-14)15(2)32)23-13-33-24(31-23)12-19-8-9-20-16(4-3-5-22(20)30-19)10-17-6-7-18(27)11-21(17)28/h6-9,11,13,15-16,32H,3-5,10,12H2,1-2H3/t15-,16?/m0/s1. The Labute approximate surface area is 211 Å². The number of aromatic nitrogens is 3. The zero-order valence-corrected chi connectivity index (χ0v) is 21.4. The number of hydrogen-bond acceptors (Lipinski definition) is 6. The predicted molar refractivity (Wildman–Crippen MR) is 136 cm³/mol. The molecule has 0 fully saturated rings. The number of benzene rings is 1. The lowest BCUT2D eigenvalue weighted by atomic mass is 9.81. The largest absolute Gasteiger partial charge is 0.386 e. The van der Waals surface area contributed by atoms with Crippen molar-refractivity contribution in [3.8, 4) is 10.6 Å². The molecule has 5 rings (SSSR count). The molecule has 1 aromatic carbocycles. The van der Waals surface area contributed by atoms with Crippen molar-refractivity contribution in [1.82, 2.24) is 15.0 Å². The van der Waals surface area contributed by atoms with Gasteiger partial charge in [-0.2, -0.15) is 0 Å². The van der Waals surface area contributed by atoms with Crippen molar-refractivity contribution in [2.24, 2.45) is 0 Å². The molecule has 8 heteroatoms. The second-order valence-electron chi connectivity index (χ2n) is 8.81. The van der Waals surface area contributed by atoms with Gasteiger partial charge in [0.2, 0.25) is 0 Å². The fourth-order valence-electron chi connectivity index (χ4n) is 4.55. The summed E-state index contributed by atoms with van der Waals surface area (Å²) in [6.45, 7) is 3.68. The fraction of sp³-hybridized carbons (Fsp3) is 0.346. The van der Waals surface area contributed by atoms with E-state index in [0.29, 0.717) is 28.4 Å². The van der Waals surface area contributed by atoms with Gasteiger partial charge in [-0.05, 0) is 74.8 Å². The fourth-order valence-corrected chi connectivity index (χ4v) is 6.55. The molecule has 4 nitrogen and oxygen atoms in total. The molecular weight excluding hydrogens is 489 g/mol. The first-order chi connectivity index (χ1) is 16.4. The first kappa shape index (κ1) is 23.5. The Kier molecular flexibility index (Phi) is 6.80. The highest BCUT2D eigenvalue weighted by Gasteiger charge is 2.23. The quantitative estimate of drug-likeness (QED) is 0.299. The zero-order valence-electron chi connectivity index (χ0n) is 19.0. The molecule has 1 aliphatic rings. The Hall–Kier alpha value is -2.19. The number of nitrogens with zero attached hydrogens (tertiary/aromatic N) is 3. The molecule has 0 saturated heterocycles. The summed E-state index contributed by atoms with van der Waals surface area (Å²) in [6.07, 6.45) is 3.81. The van der Waals surface area contributed by atoms with Gasteiger partial charge >= 0.3 is 0 Å². The number of aliphatic hydroxyl groups is 1. The highest BCUT2D eigenvalue weighted by Crippen LogP contribution is 2.36. The van der Waals surface area contributed by atoms with Gasteiger partial charge in [0.15, 0.2) is 0 Å². The maximum Gasteiger partial charge on any atom is 0.127 e. The third-order valence-corrected chi connectivity index (χ3v) is 8.68. The molecule has 0 amide bonds. The molecule has 2 atom stereocenters. The molecule has 1 N–H and O–H groups in total. The van der Waals surface area contributed by atoms with Crippen molar-refractivity contribution in [3.05, 3.63) is 84.8 Å². The maximum absolute atomic E-state index is 14.4. The van der Waals surface area contributed by atoms with Crippen molar-refractivity contribution < 1.29 is 9.50 Å². The number of halogens is 2. The van der Waals surface area contributed by atoms with Gasteiger partial charge in [-0.3, -0.25) is 4.98 Å². The summed E-state index contributed by atoms with van der Waals surface area (Å²) in [5, 5.41) is 14.0. The molecule has 1 aliphatic carbocycles. The Morgan fingerprint density at radius 2 is 2.06 bits per heavy atom. The highest BCUT2D eigenvalue weighted by molar-refractivity contribution is 7.16. The van der Waals surface area contributed by atoms with Crippen LogP contribution in [0, 0.1) is 12.7 Å². The van der Waals surface area contributed by atoms with Gasteiger partial charge in [-0.1, -0.05) is 23.7 Å². The molecule has 0 saturated carbocycles. The first-order valence-corrected chi connectivity index (χ1v) is 13.5. The van der Waals surface area contributed by atoms with Crippen molar-refractivity contribution in [2.75, 3.05) is 0 Å². The van der Waals surface area contributed by atoms with Crippen LogP contribution < -0.4 is 0 Å². The number of thiazole rings is 2. The highest BCUT2D eigenvalue weighted by atomic mass is 35.5. The molecule has 4 aromatic rings. The minimum Gasteiger partial charge on any atom is -0.386 e. The SMILES string of the molecule is Cc1nc([C@H](C)O)sc1-c1csc(Cc2ccc3c(n2)CCCC3Cc2ccc(Cl)cc2F)n1. The number of hydrogen-bond donors (Lipinski definition) is 1. The Morgan fingerprint density at radius 1 is 1.21 bits per heavy atom. The average Bonchev–Trinajstić information content (AvgIpc) is 3.42. The van der Waals surface area contributed by atoms with Gasteiger partial charge in [0.25, 0.3) is 0 Å². The average molecular weight is 514 g/mol. The lowest BCUT2D eigenvalue weighted by Gasteiger charge is -2.25. The van der Waals surface area contributed by atoms with E-state index in [0.717, 1.165) is 51.9 Å². The Balaban J connectivity index is 1.33. The normalized spacial score (nSPS) is 16.4. The summed E-state index contributed by atoms with van der Waals surface area (Å²) < 4.78 is 14.4. The topological polar surface area (TPSA) is 58.9 Å². The molecule has 0 radical (unpaired) electrons. The number of aliphatic hydroxyl groups excluding tert-OH is 1. The molecule has 0 bridgehead atoms. The van der Waals surface area contributed by atoms with Gasteiger partial charge in [0.1, 0.15) is 16.9 Å². The van der Waals surface area contributed by atoms with E-state index >= 15 is 0 Å². The van der Waals surface area contributed by atoms with Gasteiger partial charge in [-0.25, -0.2) is 14.4 Å². The van der Waals surface area contributed by atoms with E-state index in [-0.39, 0.29) is 11.7 Å². The van der Waals surface area contributed by atoms with Gasteiger partial charge in [0, 0.05) is 28.2 Å². The van der Waals surface area contributed by atoms with Crippen LogP contribution in [0.25, 0.3) is 10.6 Å². The Morgan fingerprint density at radius 3 is 2.82 bits per heavy atom. The van der Waals surface area contributed by atoms with Crippen molar-refractivity contribution in [2.45, 2.75) is 58.0 Å². The molecule has 3 heterocycles. The first-order valence-electron chi connectivity index (χ1n) is 11.4. The second-order valence-corrected chi connectivity index (χ2v) is 11.2. The number of fused-ring (bicyclic) bond motifs is 1.